The summed E-state index contributed by atoms with van der Waals surface area (Å²) in [6, 6.07) is 0. The van der Waals surface area contributed by atoms with Crippen LogP contribution in [-0.4, -0.2) is 17.7 Å². The smallest absolute Gasteiger partial charge is 0.306 e. The maximum absolute atomic E-state index is 12.2. The Bertz CT molecular complexity index is 705. The van der Waals surface area contributed by atoms with E-state index in [1.54, 1.807) is 0 Å². The molecule has 4 aliphatic rings. The SMILES string of the molecule is CCOC(=O)C[C@H]1CCC2C3CCC4=CC(O)=C(CC)CC4(C)C3CC[C@@]21C. The van der Waals surface area contributed by atoms with Crippen LogP contribution < -0.4 is 0 Å². The zero-order chi connectivity index (χ0) is 20.1. The van der Waals surface area contributed by atoms with E-state index in [1.807, 2.05) is 6.92 Å². The van der Waals surface area contributed by atoms with E-state index in [0.717, 1.165) is 37.0 Å². The van der Waals surface area contributed by atoms with Gasteiger partial charge in [-0.2, -0.15) is 0 Å². The van der Waals surface area contributed by atoms with Gasteiger partial charge in [0.05, 0.1) is 6.61 Å². The van der Waals surface area contributed by atoms with Crippen molar-refractivity contribution < 1.29 is 14.6 Å². The van der Waals surface area contributed by atoms with Crippen molar-refractivity contribution in [2.75, 3.05) is 6.61 Å². The highest BCUT2D eigenvalue weighted by Crippen LogP contribution is 2.67. The van der Waals surface area contributed by atoms with Gasteiger partial charge in [0.2, 0.25) is 0 Å². The van der Waals surface area contributed by atoms with Crippen molar-refractivity contribution in [3.63, 3.8) is 0 Å². The Kier molecular flexibility index (Phi) is 5.17. The maximum atomic E-state index is 12.2. The molecule has 0 aromatic rings. The van der Waals surface area contributed by atoms with Gasteiger partial charge < -0.3 is 9.84 Å². The number of aliphatic hydroxyl groups is 1. The Hall–Kier alpha value is -1.25. The second kappa shape index (κ2) is 7.22. The van der Waals surface area contributed by atoms with Crippen molar-refractivity contribution in [3.8, 4) is 0 Å². The predicted molar refractivity (Wildman–Crippen MR) is 112 cm³/mol. The molecule has 1 N–H and O–H groups in total. The summed E-state index contributed by atoms with van der Waals surface area (Å²) in [7, 11) is 0. The number of hydrogen-bond acceptors (Lipinski definition) is 3. The second-order valence-electron chi connectivity index (χ2n) is 10.3. The van der Waals surface area contributed by atoms with Crippen molar-refractivity contribution in [2.45, 2.75) is 85.5 Å². The zero-order valence-electron chi connectivity index (χ0n) is 18.2. The van der Waals surface area contributed by atoms with Crippen LogP contribution in [0.4, 0.5) is 0 Å². The Morgan fingerprint density at radius 2 is 1.96 bits per heavy atom. The summed E-state index contributed by atoms with van der Waals surface area (Å²) >= 11 is 0. The molecule has 6 atom stereocenters. The summed E-state index contributed by atoms with van der Waals surface area (Å²) in [5.41, 5.74) is 3.26. The van der Waals surface area contributed by atoms with Crippen LogP contribution in [0.25, 0.3) is 0 Å². The first-order valence-corrected chi connectivity index (χ1v) is 11.6. The molecule has 0 heterocycles. The summed E-state index contributed by atoms with van der Waals surface area (Å²) < 4.78 is 5.28. The number of fused-ring (bicyclic) bond motifs is 5. The molecule has 0 bridgehead atoms. The van der Waals surface area contributed by atoms with Gasteiger partial charge in [-0.1, -0.05) is 26.3 Å². The van der Waals surface area contributed by atoms with E-state index < -0.39 is 0 Å². The number of carbonyl (C=O) groups excluding carboxylic acids is 1. The van der Waals surface area contributed by atoms with E-state index in [9.17, 15) is 9.90 Å². The molecule has 4 aliphatic carbocycles. The van der Waals surface area contributed by atoms with E-state index in [4.69, 9.17) is 4.74 Å². The van der Waals surface area contributed by atoms with Crippen LogP contribution in [-0.2, 0) is 9.53 Å². The van der Waals surface area contributed by atoms with Gasteiger partial charge in [-0.3, -0.25) is 4.79 Å². The lowest BCUT2D eigenvalue weighted by molar-refractivity contribution is -0.146. The van der Waals surface area contributed by atoms with Gasteiger partial charge >= 0.3 is 5.97 Å². The molecule has 3 saturated carbocycles. The Labute approximate surface area is 170 Å². The molecule has 0 aromatic carbocycles. The van der Waals surface area contributed by atoms with Gasteiger partial charge in [-0.05, 0) is 104 Å². The summed E-state index contributed by atoms with van der Waals surface area (Å²) in [5.74, 6) is 3.27. The van der Waals surface area contributed by atoms with Crippen molar-refractivity contribution in [1.82, 2.24) is 0 Å². The Morgan fingerprint density at radius 1 is 1.18 bits per heavy atom. The van der Waals surface area contributed by atoms with Crippen LogP contribution in [0.1, 0.15) is 85.5 Å². The van der Waals surface area contributed by atoms with Gasteiger partial charge in [-0.15, -0.1) is 0 Å². The van der Waals surface area contributed by atoms with E-state index >= 15 is 0 Å². The Morgan fingerprint density at radius 3 is 2.68 bits per heavy atom. The fraction of sp³-hybridized carbons (Fsp3) is 0.800. The van der Waals surface area contributed by atoms with Gasteiger partial charge in [0.25, 0.3) is 0 Å². The average molecular weight is 387 g/mol. The predicted octanol–water partition coefficient (Wildman–Crippen LogP) is 6.35. The largest absolute Gasteiger partial charge is 0.508 e. The fourth-order valence-electron chi connectivity index (χ4n) is 7.78. The summed E-state index contributed by atoms with van der Waals surface area (Å²) in [6.45, 7) is 9.51. The molecule has 0 saturated heterocycles. The highest BCUT2D eigenvalue weighted by Gasteiger charge is 2.59. The van der Waals surface area contributed by atoms with Gasteiger partial charge in [0.1, 0.15) is 5.76 Å². The summed E-state index contributed by atoms with van der Waals surface area (Å²) in [6.07, 6.45) is 12.1. The van der Waals surface area contributed by atoms with E-state index in [0.29, 0.717) is 30.1 Å². The Balaban J connectivity index is 1.56. The molecule has 4 rings (SSSR count). The molecule has 4 unspecified atom stereocenters. The molecular formula is C25H38O3. The van der Waals surface area contributed by atoms with Crippen LogP contribution in [0.15, 0.2) is 23.0 Å². The third-order valence-corrected chi connectivity index (χ3v) is 9.33. The molecule has 156 valence electrons. The molecule has 0 aromatic heterocycles. The molecular weight excluding hydrogens is 348 g/mol. The number of ether oxygens (including phenoxy) is 1. The second-order valence-corrected chi connectivity index (χ2v) is 10.3. The third kappa shape index (κ3) is 2.95. The molecule has 0 spiro atoms. The average Bonchev–Trinajstić information content (AvgIpc) is 2.98. The van der Waals surface area contributed by atoms with Gasteiger partial charge in [0, 0.05) is 6.42 Å². The third-order valence-electron chi connectivity index (χ3n) is 9.33. The molecule has 3 fully saturated rings. The van der Waals surface area contributed by atoms with Crippen LogP contribution in [0, 0.1) is 34.5 Å². The highest BCUT2D eigenvalue weighted by atomic mass is 16.5. The van der Waals surface area contributed by atoms with Crippen molar-refractivity contribution >= 4 is 5.97 Å². The van der Waals surface area contributed by atoms with Crippen LogP contribution in [0.2, 0.25) is 0 Å². The number of hydrogen-bond donors (Lipinski definition) is 1. The van der Waals surface area contributed by atoms with Crippen molar-refractivity contribution in [1.29, 1.82) is 0 Å². The van der Waals surface area contributed by atoms with E-state index in [-0.39, 0.29) is 11.4 Å². The molecule has 3 nitrogen and oxygen atoms in total. The number of carbonyl (C=O) groups is 1. The minimum absolute atomic E-state index is 0.00203. The first-order chi connectivity index (χ1) is 13.3. The lowest BCUT2D eigenvalue weighted by atomic mass is 9.46. The van der Waals surface area contributed by atoms with Crippen LogP contribution >= 0.6 is 0 Å². The van der Waals surface area contributed by atoms with Crippen LogP contribution in [0.3, 0.4) is 0 Å². The lowest BCUT2D eigenvalue weighted by Gasteiger charge is -2.58. The number of allylic oxidation sites excluding steroid dienone is 3. The van der Waals surface area contributed by atoms with E-state index in [2.05, 4.69) is 26.8 Å². The topological polar surface area (TPSA) is 46.5 Å². The number of aliphatic hydroxyl groups excluding tert-OH is 1. The highest BCUT2D eigenvalue weighted by molar-refractivity contribution is 5.69. The van der Waals surface area contributed by atoms with Crippen LogP contribution in [0.5, 0.6) is 0 Å². The minimum Gasteiger partial charge on any atom is -0.508 e. The monoisotopic (exact) mass is 386 g/mol. The number of rotatable bonds is 4. The lowest BCUT2D eigenvalue weighted by Crippen LogP contribution is -2.50. The fourth-order valence-corrected chi connectivity index (χ4v) is 7.78. The molecule has 0 radical (unpaired) electrons. The summed E-state index contributed by atoms with van der Waals surface area (Å²) in [4.78, 5) is 12.2. The van der Waals surface area contributed by atoms with Gasteiger partial charge in [-0.25, -0.2) is 0 Å². The standard InChI is InChI=1S/C25H38O3/c1-5-16-15-25(4)17(13-22(16)26)7-9-19-20-10-8-18(14-23(27)28-6-2)24(20,3)12-11-21(19)25/h13,18-21,26H,5-12,14-15H2,1-4H3/t18-,19?,20?,21?,24-,25?/m1/s1. The quantitative estimate of drug-likeness (QED) is 0.573. The minimum atomic E-state index is -0.00203. The number of esters is 1. The molecule has 0 amide bonds. The first-order valence-electron chi connectivity index (χ1n) is 11.6. The molecule has 28 heavy (non-hydrogen) atoms. The van der Waals surface area contributed by atoms with Crippen molar-refractivity contribution in [3.05, 3.63) is 23.0 Å². The summed E-state index contributed by atoms with van der Waals surface area (Å²) in [5, 5.41) is 10.4. The van der Waals surface area contributed by atoms with Crippen molar-refractivity contribution in [2.24, 2.45) is 34.5 Å². The maximum Gasteiger partial charge on any atom is 0.306 e. The molecule has 3 heteroatoms. The molecule has 0 aliphatic heterocycles. The van der Waals surface area contributed by atoms with Gasteiger partial charge in [0.15, 0.2) is 0 Å². The normalized spacial score (nSPS) is 42.4. The zero-order valence-corrected chi connectivity index (χ0v) is 18.2. The van der Waals surface area contributed by atoms with E-state index in [1.165, 1.54) is 43.3 Å². The first kappa shape index (κ1) is 20.0.